The highest BCUT2D eigenvalue weighted by molar-refractivity contribution is 6.21. The summed E-state index contributed by atoms with van der Waals surface area (Å²) in [5.41, 5.74) is -2.06. The van der Waals surface area contributed by atoms with E-state index in [1.165, 1.54) is 0 Å². The summed E-state index contributed by atoms with van der Waals surface area (Å²) < 4.78 is 4.76. The van der Waals surface area contributed by atoms with E-state index in [0.717, 1.165) is 13.8 Å². The van der Waals surface area contributed by atoms with Crippen molar-refractivity contribution < 1.29 is 24.2 Å². The molecule has 0 radical (unpaired) electrons. The second-order valence-corrected chi connectivity index (χ2v) is 3.95. The summed E-state index contributed by atoms with van der Waals surface area (Å²) in [4.78, 5) is 35.2. The number of carbonyl (C=O) groups is 3. The van der Waals surface area contributed by atoms with E-state index in [1.54, 1.807) is 13.8 Å². The topological polar surface area (TPSA) is 80.7 Å². The van der Waals surface area contributed by atoms with Gasteiger partial charge in [0, 0.05) is 0 Å². The van der Waals surface area contributed by atoms with E-state index < -0.39 is 29.1 Å². The van der Waals surface area contributed by atoms with E-state index in [0.29, 0.717) is 6.42 Å². The van der Waals surface area contributed by atoms with Crippen LogP contribution in [0.2, 0.25) is 0 Å². The van der Waals surface area contributed by atoms with Crippen LogP contribution in [0.25, 0.3) is 0 Å². The molecule has 0 saturated heterocycles. The smallest absolute Gasteiger partial charge is 0.329 e. The van der Waals surface area contributed by atoms with E-state index in [2.05, 4.69) is 0 Å². The Morgan fingerprint density at radius 3 is 1.94 bits per heavy atom. The molecule has 5 heteroatoms. The molecule has 98 valence electrons. The molecule has 0 rings (SSSR count). The van der Waals surface area contributed by atoms with Crippen LogP contribution in [0, 0.1) is 5.41 Å². The highest BCUT2D eigenvalue weighted by Crippen LogP contribution is 2.30. The van der Waals surface area contributed by atoms with Gasteiger partial charge in [0.25, 0.3) is 0 Å². The van der Waals surface area contributed by atoms with Crippen molar-refractivity contribution >= 4 is 17.5 Å². The van der Waals surface area contributed by atoms with Crippen LogP contribution in [0.15, 0.2) is 0 Å². The van der Waals surface area contributed by atoms with E-state index in [1.807, 2.05) is 0 Å². The quantitative estimate of drug-likeness (QED) is 0.531. The molecule has 0 bridgehead atoms. The summed E-state index contributed by atoms with van der Waals surface area (Å²) in [6.45, 7) is 5.67. The first-order chi connectivity index (χ1) is 7.85. The van der Waals surface area contributed by atoms with Gasteiger partial charge >= 0.3 is 5.97 Å². The monoisotopic (exact) mass is 244 g/mol. The lowest BCUT2D eigenvalue weighted by Gasteiger charge is -2.30. The van der Waals surface area contributed by atoms with Gasteiger partial charge in [0.2, 0.25) is 5.41 Å². The summed E-state index contributed by atoms with van der Waals surface area (Å²) in [6, 6.07) is 0. The number of rotatable bonds is 7. The fourth-order valence-corrected chi connectivity index (χ4v) is 1.88. The van der Waals surface area contributed by atoms with Gasteiger partial charge in [-0.3, -0.25) is 14.4 Å². The Labute approximate surface area is 101 Å². The second kappa shape index (κ2) is 6.49. The van der Waals surface area contributed by atoms with Gasteiger partial charge in [0.05, 0.1) is 12.7 Å². The van der Waals surface area contributed by atoms with Crippen molar-refractivity contribution in [1.82, 2.24) is 0 Å². The average Bonchev–Trinajstić information content (AvgIpc) is 2.17. The Balaban J connectivity index is 5.51. The van der Waals surface area contributed by atoms with Crippen LogP contribution < -0.4 is 0 Å². The zero-order chi connectivity index (χ0) is 13.6. The van der Waals surface area contributed by atoms with Crippen LogP contribution in [0.4, 0.5) is 0 Å². The summed E-state index contributed by atoms with van der Waals surface area (Å²) in [5, 5.41) is 9.95. The number of carbonyl (C=O) groups excluding carboxylic acids is 3. The fraction of sp³-hybridized carbons (Fsp3) is 0.750. The molecule has 0 aromatic heterocycles. The molecule has 1 atom stereocenters. The Bertz CT molecular complexity index is 294. The molecule has 0 saturated carbocycles. The van der Waals surface area contributed by atoms with Crippen LogP contribution >= 0.6 is 0 Å². The molecule has 0 aliphatic rings. The number of hydrogen-bond donors (Lipinski definition) is 1. The van der Waals surface area contributed by atoms with Crippen LogP contribution in [-0.2, 0) is 19.1 Å². The van der Waals surface area contributed by atoms with Crippen molar-refractivity contribution in [3.63, 3.8) is 0 Å². The Morgan fingerprint density at radius 2 is 1.65 bits per heavy atom. The number of Topliss-reactive ketones (excluding diaryl/α,β-unsaturated/α-hetero) is 2. The van der Waals surface area contributed by atoms with Gasteiger partial charge in [-0.05, 0) is 27.2 Å². The van der Waals surface area contributed by atoms with Crippen molar-refractivity contribution in [1.29, 1.82) is 0 Å². The molecule has 5 nitrogen and oxygen atoms in total. The maximum Gasteiger partial charge on any atom is 0.329 e. The molecular weight excluding hydrogens is 224 g/mol. The molecular formula is C12H20O5. The number of hydrogen-bond acceptors (Lipinski definition) is 5. The highest BCUT2D eigenvalue weighted by atomic mass is 16.5. The van der Waals surface area contributed by atoms with Crippen molar-refractivity contribution in [3.05, 3.63) is 0 Å². The largest absolute Gasteiger partial charge is 0.465 e. The predicted octanol–water partition coefficient (Wildman–Crippen LogP) is 0.875. The Hall–Kier alpha value is -1.23. The van der Waals surface area contributed by atoms with Crippen LogP contribution in [-0.4, -0.2) is 35.4 Å². The second-order valence-electron chi connectivity index (χ2n) is 3.95. The SMILES string of the molecule is CCCC(O)C(C(C)=O)(C(C)=O)C(=O)OCC. The fourth-order valence-electron chi connectivity index (χ4n) is 1.88. The van der Waals surface area contributed by atoms with Gasteiger partial charge in [-0.2, -0.15) is 0 Å². The molecule has 1 unspecified atom stereocenters. The third-order valence-corrected chi connectivity index (χ3v) is 2.77. The lowest BCUT2D eigenvalue weighted by Crippen LogP contribution is -2.54. The molecule has 0 fully saturated rings. The highest BCUT2D eigenvalue weighted by Gasteiger charge is 2.54. The van der Waals surface area contributed by atoms with Gasteiger partial charge in [0.15, 0.2) is 11.6 Å². The zero-order valence-corrected chi connectivity index (χ0v) is 10.8. The van der Waals surface area contributed by atoms with Crippen molar-refractivity contribution in [2.24, 2.45) is 5.41 Å². The van der Waals surface area contributed by atoms with Crippen molar-refractivity contribution in [3.8, 4) is 0 Å². The molecule has 17 heavy (non-hydrogen) atoms. The van der Waals surface area contributed by atoms with Crippen LogP contribution in [0.3, 0.4) is 0 Å². The van der Waals surface area contributed by atoms with E-state index in [4.69, 9.17) is 4.74 Å². The minimum absolute atomic E-state index is 0.0555. The first kappa shape index (κ1) is 15.8. The van der Waals surface area contributed by atoms with Gasteiger partial charge in [-0.25, -0.2) is 0 Å². The van der Waals surface area contributed by atoms with E-state index in [9.17, 15) is 19.5 Å². The van der Waals surface area contributed by atoms with Crippen molar-refractivity contribution in [2.45, 2.75) is 46.6 Å². The predicted molar refractivity (Wildman–Crippen MR) is 61.3 cm³/mol. The Morgan fingerprint density at radius 1 is 1.18 bits per heavy atom. The van der Waals surface area contributed by atoms with E-state index in [-0.39, 0.29) is 13.0 Å². The third-order valence-electron chi connectivity index (χ3n) is 2.77. The molecule has 0 spiro atoms. The molecule has 0 amide bonds. The third kappa shape index (κ3) is 2.91. The maximum atomic E-state index is 11.8. The number of aliphatic hydroxyl groups is 1. The lowest BCUT2D eigenvalue weighted by molar-refractivity contribution is -0.171. The van der Waals surface area contributed by atoms with Gasteiger partial charge < -0.3 is 9.84 Å². The molecule has 1 N–H and O–H groups in total. The summed E-state index contributed by atoms with van der Waals surface area (Å²) in [6.07, 6.45) is -0.581. The average molecular weight is 244 g/mol. The molecule has 0 aromatic carbocycles. The first-order valence-corrected chi connectivity index (χ1v) is 5.72. The molecule has 0 heterocycles. The van der Waals surface area contributed by atoms with Gasteiger partial charge in [-0.15, -0.1) is 0 Å². The zero-order valence-electron chi connectivity index (χ0n) is 10.8. The minimum atomic E-state index is -2.06. The lowest BCUT2D eigenvalue weighted by atomic mass is 9.73. The standard InChI is InChI=1S/C12H20O5/c1-5-7-10(15)12(8(3)13,9(4)14)11(16)17-6-2/h10,15H,5-7H2,1-4H3. The number of esters is 1. The first-order valence-electron chi connectivity index (χ1n) is 5.72. The maximum absolute atomic E-state index is 11.8. The summed E-state index contributed by atoms with van der Waals surface area (Å²) >= 11 is 0. The van der Waals surface area contributed by atoms with E-state index >= 15 is 0 Å². The van der Waals surface area contributed by atoms with Crippen LogP contribution in [0.5, 0.6) is 0 Å². The normalized spacial score (nSPS) is 13.0. The minimum Gasteiger partial charge on any atom is -0.465 e. The summed E-state index contributed by atoms with van der Waals surface area (Å²) in [5.74, 6) is -2.31. The van der Waals surface area contributed by atoms with Crippen LogP contribution in [0.1, 0.15) is 40.5 Å². The Kier molecular flexibility index (Phi) is 6.02. The number of ether oxygens (including phenoxy) is 1. The van der Waals surface area contributed by atoms with Gasteiger partial charge in [0.1, 0.15) is 0 Å². The number of aliphatic hydroxyl groups excluding tert-OH is 1. The molecule has 0 aromatic rings. The summed E-state index contributed by atoms with van der Waals surface area (Å²) in [7, 11) is 0. The molecule has 0 aliphatic carbocycles. The van der Waals surface area contributed by atoms with Crippen molar-refractivity contribution in [2.75, 3.05) is 6.61 Å². The molecule has 0 aliphatic heterocycles. The number of ketones is 2. The van der Waals surface area contributed by atoms with Gasteiger partial charge in [-0.1, -0.05) is 13.3 Å².